The minimum Gasteiger partial charge on any atom is -0.441 e. The Balaban J connectivity index is 3.16. The lowest BCUT2D eigenvalue weighted by atomic mass is 9.87. The van der Waals surface area contributed by atoms with Gasteiger partial charge in [0.25, 0.3) is 6.10 Å². The summed E-state index contributed by atoms with van der Waals surface area (Å²) in [4.78, 5) is 11.7. The number of alkyl halides is 5. The molecule has 0 saturated heterocycles. The Kier molecular flexibility index (Phi) is 5.55. The van der Waals surface area contributed by atoms with Crippen LogP contribution in [0.25, 0.3) is 0 Å². The second-order valence-corrected chi connectivity index (χ2v) is 7.69. The van der Waals surface area contributed by atoms with E-state index in [1.54, 1.807) is 0 Å². The van der Waals surface area contributed by atoms with Crippen LogP contribution in [0.2, 0.25) is 0 Å². The molecular formula is C14H15F5O5S. The molecular weight excluding hydrogens is 375 g/mol. The third-order valence-corrected chi connectivity index (χ3v) is 4.06. The van der Waals surface area contributed by atoms with Gasteiger partial charge in [0.15, 0.2) is 0 Å². The number of hydrogen-bond acceptors (Lipinski definition) is 4. The first kappa shape index (κ1) is 21.3. The Hall–Kier alpha value is -1.75. The number of halogens is 5. The van der Waals surface area contributed by atoms with Crippen molar-refractivity contribution in [2.24, 2.45) is 0 Å². The van der Waals surface area contributed by atoms with Crippen LogP contribution in [0.4, 0.5) is 22.0 Å². The van der Waals surface area contributed by atoms with Crippen molar-refractivity contribution < 1.29 is 44.5 Å². The zero-order chi connectivity index (χ0) is 19.8. The fourth-order valence-corrected chi connectivity index (χ4v) is 2.19. The molecule has 5 nitrogen and oxygen atoms in total. The molecule has 1 aromatic carbocycles. The molecule has 1 atom stereocenters. The van der Waals surface area contributed by atoms with E-state index in [4.69, 9.17) is 4.55 Å². The van der Waals surface area contributed by atoms with Crippen LogP contribution >= 0.6 is 0 Å². The minimum atomic E-state index is -6.47. The summed E-state index contributed by atoms with van der Waals surface area (Å²) in [5.74, 6) is -1.81. The molecule has 1 N–H and O–H groups in total. The molecule has 0 spiro atoms. The highest BCUT2D eigenvalue weighted by atomic mass is 32.2. The van der Waals surface area contributed by atoms with Gasteiger partial charge in [-0.1, -0.05) is 32.9 Å². The monoisotopic (exact) mass is 390 g/mol. The van der Waals surface area contributed by atoms with E-state index in [1.165, 1.54) is 12.1 Å². The molecule has 142 valence electrons. The van der Waals surface area contributed by atoms with Gasteiger partial charge in [0.1, 0.15) is 0 Å². The van der Waals surface area contributed by atoms with E-state index in [2.05, 4.69) is 4.74 Å². The minimum absolute atomic E-state index is 0.338. The fourth-order valence-electron chi connectivity index (χ4n) is 1.74. The molecule has 0 fully saturated rings. The van der Waals surface area contributed by atoms with Crippen molar-refractivity contribution in [1.29, 1.82) is 0 Å². The third-order valence-electron chi connectivity index (χ3n) is 3.16. The van der Waals surface area contributed by atoms with Gasteiger partial charge >= 0.3 is 27.5 Å². The van der Waals surface area contributed by atoms with E-state index in [0.29, 0.717) is 5.56 Å². The largest absolute Gasteiger partial charge is 0.441 e. The molecule has 25 heavy (non-hydrogen) atoms. The van der Waals surface area contributed by atoms with Gasteiger partial charge in [-0.15, -0.1) is 0 Å². The second-order valence-electron chi connectivity index (χ2n) is 6.19. The average Bonchev–Trinajstić information content (AvgIpc) is 2.41. The fraction of sp³-hybridized carbons (Fsp3) is 0.500. The van der Waals surface area contributed by atoms with Gasteiger partial charge < -0.3 is 4.74 Å². The lowest BCUT2D eigenvalue weighted by molar-refractivity contribution is -0.248. The normalized spacial score (nSPS) is 14.9. The third kappa shape index (κ3) is 4.88. The van der Waals surface area contributed by atoms with E-state index in [9.17, 15) is 35.2 Å². The summed E-state index contributed by atoms with van der Waals surface area (Å²) in [5, 5.41) is -5.76. The maximum atomic E-state index is 13.4. The topological polar surface area (TPSA) is 80.7 Å². The van der Waals surface area contributed by atoms with Gasteiger partial charge in [-0.3, -0.25) is 4.55 Å². The molecule has 0 aliphatic carbocycles. The number of benzene rings is 1. The van der Waals surface area contributed by atoms with Crippen LogP contribution in [-0.2, 0) is 20.3 Å². The van der Waals surface area contributed by atoms with Gasteiger partial charge in [-0.2, -0.15) is 30.4 Å². The first-order chi connectivity index (χ1) is 11.0. The molecule has 0 saturated carbocycles. The lowest BCUT2D eigenvalue weighted by Gasteiger charge is -2.26. The molecule has 0 aliphatic heterocycles. The maximum absolute atomic E-state index is 13.4. The Morgan fingerprint density at radius 3 is 1.80 bits per heavy atom. The predicted octanol–water partition coefficient (Wildman–Crippen LogP) is 3.55. The predicted molar refractivity (Wildman–Crippen MR) is 76.9 cm³/mol. The van der Waals surface area contributed by atoms with Crippen molar-refractivity contribution in [3.8, 4) is 0 Å². The van der Waals surface area contributed by atoms with Crippen LogP contribution in [-0.4, -0.2) is 36.5 Å². The van der Waals surface area contributed by atoms with Crippen LogP contribution in [0.15, 0.2) is 24.3 Å². The molecule has 0 heterocycles. The Morgan fingerprint density at radius 2 is 1.48 bits per heavy atom. The second kappa shape index (κ2) is 6.52. The van der Waals surface area contributed by atoms with Crippen molar-refractivity contribution in [2.75, 3.05) is 0 Å². The van der Waals surface area contributed by atoms with Crippen molar-refractivity contribution in [1.82, 2.24) is 0 Å². The summed E-state index contributed by atoms with van der Waals surface area (Å²) in [7, 11) is -6.47. The molecule has 1 rings (SSSR count). The first-order valence-electron chi connectivity index (χ1n) is 6.71. The highest BCUT2D eigenvalue weighted by Crippen LogP contribution is 2.38. The summed E-state index contributed by atoms with van der Waals surface area (Å²) < 4.78 is 97.9. The van der Waals surface area contributed by atoms with E-state index in [-0.39, 0.29) is 5.41 Å². The maximum Gasteiger partial charge on any atom is 0.432 e. The van der Waals surface area contributed by atoms with Gasteiger partial charge in [0.05, 0.1) is 5.56 Å². The van der Waals surface area contributed by atoms with Crippen molar-refractivity contribution in [2.45, 2.75) is 43.7 Å². The molecule has 0 amide bonds. The molecule has 11 heteroatoms. The standard InChI is InChI=1S/C14H15F5O5S/c1-12(2,3)9-6-4-8(5-7-9)10(20)24-11(13(15,16)17)14(18,19)25(21,22)23/h4-7,11H,1-3H3,(H,21,22,23). The van der Waals surface area contributed by atoms with E-state index in [0.717, 1.165) is 12.1 Å². The summed E-state index contributed by atoms with van der Waals surface area (Å²) in [6.07, 6.45) is -10.3. The molecule has 1 unspecified atom stereocenters. The smallest absolute Gasteiger partial charge is 0.432 e. The number of esters is 1. The molecule has 1 aromatic rings. The number of ether oxygens (including phenoxy) is 1. The van der Waals surface area contributed by atoms with Crippen LogP contribution in [0.3, 0.4) is 0 Å². The summed E-state index contributed by atoms with van der Waals surface area (Å²) in [5.41, 5.74) is -0.123. The molecule has 0 aromatic heterocycles. The number of carbonyl (C=O) groups is 1. The Morgan fingerprint density at radius 1 is 1.04 bits per heavy atom. The van der Waals surface area contributed by atoms with Crippen LogP contribution in [0.1, 0.15) is 36.7 Å². The van der Waals surface area contributed by atoms with Gasteiger partial charge in [0.2, 0.25) is 0 Å². The van der Waals surface area contributed by atoms with Crippen molar-refractivity contribution in [3.63, 3.8) is 0 Å². The Labute approximate surface area is 140 Å². The zero-order valence-corrected chi connectivity index (χ0v) is 14.1. The number of rotatable bonds is 4. The van der Waals surface area contributed by atoms with Crippen LogP contribution < -0.4 is 0 Å². The van der Waals surface area contributed by atoms with E-state index >= 15 is 0 Å². The van der Waals surface area contributed by atoms with E-state index in [1.807, 2.05) is 20.8 Å². The lowest BCUT2D eigenvalue weighted by Crippen LogP contribution is -2.52. The van der Waals surface area contributed by atoms with Crippen molar-refractivity contribution in [3.05, 3.63) is 35.4 Å². The first-order valence-corrected chi connectivity index (χ1v) is 8.15. The van der Waals surface area contributed by atoms with Gasteiger partial charge in [-0.25, -0.2) is 4.79 Å². The molecule has 0 aliphatic rings. The summed E-state index contributed by atoms with van der Waals surface area (Å²) in [6, 6.07) is 4.89. The van der Waals surface area contributed by atoms with Crippen molar-refractivity contribution >= 4 is 16.1 Å². The SMILES string of the molecule is CC(C)(C)c1ccc(C(=O)OC(C(F)(F)F)C(F)(F)S(=O)(=O)O)cc1. The number of carbonyl (C=O) groups excluding carboxylic acids is 1. The zero-order valence-electron chi connectivity index (χ0n) is 13.3. The summed E-state index contributed by atoms with van der Waals surface area (Å²) >= 11 is 0. The highest BCUT2D eigenvalue weighted by molar-refractivity contribution is 7.86. The average molecular weight is 390 g/mol. The number of hydrogen-bond donors (Lipinski definition) is 1. The van der Waals surface area contributed by atoms with Gasteiger partial charge in [0, 0.05) is 0 Å². The van der Waals surface area contributed by atoms with Gasteiger partial charge in [-0.05, 0) is 23.1 Å². The molecule has 0 bridgehead atoms. The quantitative estimate of drug-likeness (QED) is 0.483. The van der Waals surface area contributed by atoms with E-state index < -0.39 is 39.2 Å². The molecule has 0 radical (unpaired) electrons. The Bertz CT molecular complexity index is 732. The highest BCUT2D eigenvalue weighted by Gasteiger charge is 2.66. The van der Waals surface area contributed by atoms with Crippen LogP contribution in [0, 0.1) is 0 Å². The summed E-state index contributed by atoms with van der Waals surface area (Å²) in [6.45, 7) is 5.48. The van der Waals surface area contributed by atoms with Crippen LogP contribution in [0.5, 0.6) is 0 Å².